The summed E-state index contributed by atoms with van der Waals surface area (Å²) in [4.78, 5) is 27.7. The van der Waals surface area contributed by atoms with Gasteiger partial charge >= 0.3 is 5.97 Å². The van der Waals surface area contributed by atoms with Gasteiger partial charge in [-0.2, -0.15) is 4.31 Å². The van der Waals surface area contributed by atoms with Crippen molar-refractivity contribution in [3.63, 3.8) is 0 Å². The fourth-order valence-corrected chi connectivity index (χ4v) is 5.82. The molecule has 0 bridgehead atoms. The number of fused-ring (bicyclic) bond motifs is 1. The van der Waals surface area contributed by atoms with E-state index < -0.39 is 27.9 Å². The molecule has 0 saturated heterocycles. The summed E-state index contributed by atoms with van der Waals surface area (Å²) in [7, 11) is -3.10. The summed E-state index contributed by atoms with van der Waals surface area (Å²) < 4.78 is 33.2. The lowest BCUT2D eigenvalue weighted by molar-refractivity contribution is -0.144. The molecule has 1 heterocycles. The number of phenolic OH excluding ortho intramolecular Hbond substituents is 1. The minimum atomic E-state index is -4.24. The first-order valence-electron chi connectivity index (χ1n) is 10.4. The van der Waals surface area contributed by atoms with E-state index in [9.17, 15) is 23.1 Å². The van der Waals surface area contributed by atoms with Crippen LogP contribution in [-0.2, 0) is 26.1 Å². The smallest absolute Gasteiger partial charge is 0.326 e. The molecule has 1 atom stereocenters. The molecule has 11 heteroatoms. The number of carbonyl (C=O) groups is 2. The van der Waals surface area contributed by atoms with E-state index in [-0.39, 0.29) is 39.3 Å². The van der Waals surface area contributed by atoms with Crippen LogP contribution in [0.1, 0.15) is 15.9 Å². The maximum atomic E-state index is 13.6. The van der Waals surface area contributed by atoms with Gasteiger partial charge in [-0.1, -0.05) is 47.5 Å². The number of halogens is 2. The first-order chi connectivity index (χ1) is 16.6. The Balaban J connectivity index is 1.86. The lowest BCUT2D eigenvalue weighted by Crippen LogP contribution is -2.50. The van der Waals surface area contributed by atoms with Crippen molar-refractivity contribution in [2.45, 2.75) is 17.5 Å². The number of carbonyl (C=O) groups excluding carboxylic acids is 2. The van der Waals surface area contributed by atoms with Gasteiger partial charge in [-0.05, 0) is 48.0 Å². The first-order valence-corrected chi connectivity index (χ1v) is 12.6. The van der Waals surface area contributed by atoms with Crippen LogP contribution in [0.2, 0.25) is 10.0 Å². The normalized spacial score (nSPS) is 16.3. The van der Waals surface area contributed by atoms with Crippen LogP contribution in [-0.4, -0.2) is 49.4 Å². The molecule has 0 saturated carbocycles. The van der Waals surface area contributed by atoms with Gasteiger partial charge in [-0.3, -0.25) is 9.59 Å². The summed E-state index contributed by atoms with van der Waals surface area (Å²) in [6.07, 6.45) is 0. The minimum absolute atomic E-state index is 0.0454. The Morgan fingerprint density at radius 3 is 2.37 bits per heavy atom. The first kappa shape index (κ1) is 25.0. The highest BCUT2D eigenvalue weighted by Gasteiger charge is 2.42. The van der Waals surface area contributed by atoms with Gasteiger partial charge in [0.15, 0.2) is 0 Å². The average molecular weight is 535 g/mol. The third kappa shape index (κ3) is 4.72. The monoisotopic (exact) mass is 534 g/mol. The van der Waals surface area contributed by atoms with Crippen molar-refractivity contribution in [1.29, 1.82) is 0 Å². The van der Waals surface area contributed by atoms with Gasteiger partial charge in [0.1, 0.15) is 11.8 Å². The van der Waals surface area contributed by atoms with E-state index in [2.05, 4.69) is 0 Å². The molecule has 3 aromatic rings. The summed E-state index contributed by atoms with van der Waals surface area (Å²) in [5.41, 5.74) is 1.02. The second-order valence-electron chi connectivity index (χ2n) is 7.73. The van der Waals surface area contributed by atoms with E-state index in [1.165, 1.54) is 35.2 Å². The quantitative estimate of drug-likeness (QED) is 0.505. The fourth-order valence-electron chi connectivity index (χ4n) is 3.89. The number of phenols is 1. The number of anilines is 1. The molecule has 1 amide bonds. The maximum absolute atomic E-state index is 13.6. The Hall–Kier alpha value is -3.11. The average Bonchev–Trinajstić information content (AvgIpc) is 3.03. The summed E-state index contributed by atoms with van der Waals surface area (Å²) in [6, 6.07) is 15.0. The van der Waals surface area contributed by atoms with Crippen molar-refractivity contribution in [3.8, 4) is 5.75 Å². The van der Waals surface area contributed by atoms with Gasteiger partial charge < -0.3 is 14.7 Å². The third-order valence-electron chi connectivity index (χ3n) is 5.66. The number of hydrogen-bond acceptors (Lipinski definition) is 6. The van der Waals surface area contributed by atoms with E-state index in [1.54, 1.807) is 36.4 Å². The van der Waals surface area contributed by atoms with Crippen LogP contribution in [0.5, 0.6) is 5.75 Å². The number of nitrogens with zero attached hydrogens (tertiary/aromatic N) is 2. The number of esters is 1. The van der Waals surface area contributed by atoms with Gasteiger partial charge in [0.25, 0.3) is 5.91 Å². The third-order valence-corrected chi connectivity index (χ3v) is 8.34. The molecule has 1 unspecified atom stereocenters. The molecule has 0 fully saturated rings. The van der Waals surface area contributed by atoms with Gasteiger partial charge in [-0.15, -0.1) is 0 Å². The molecule has 0 radical (unpaired) electrons. The molecule has 0 aliphatic carbocycles. The molecule has 4 rings (SSSR count). The van der Waals surface area contributed by atoms with Crippen LogP contribution in [0, 0.1) is 0 Å². The summed E-state index contributed by atoms with van der Waals surface area (Å²) in [5.74, 6) is -1.50. The van der Waals surface area contributed by atoms with E-state index >= 15 is 0 Å². The van der Waals surface area contributed by atoms with E-state index in [0.29, 0.717) is 11.3 Å². The highest BCUT2D eigenvalue weighted by Crippen LogP contribution is 2.34. The van der Waals surface area contributed by atoms with E-state index in [1.807, 2.05) is 0 Å². The molecule has 1 aliphatic heterocycles. The Labute approximate surface area is 212 Å². The predicted molar refractivity (Wildman–Crippen MR) is 131 cm³/mol. The molecule has 0 spiro atoms. The SMILES string of the molecule is COC(=O)C1CN(C(=O)c2cccc(Cl)c2Cl)c2ccccc2CN1S(=O)(=O)c1ccc(O)cc1. The number of ether oxygens (including phenoxy) is 1. The van der Waals surface area contributed by atoms with Gasteiger partial charge in [0, 0.05) is 12.2 Å². The molecular formula is C24H20Cl2N2O6S. The molecule has 182 valence electrons. The van der Waals surface area contributed by atoms with Crippen molar-refractivity contribution in [3.05, 3.63) is 87.9 Å². The molecule has 0 aromatic heterocycles. The second-order valence-corrected chi connectivity index (χ2v) is 10.4. The van der Waals surface area contributed by atoms with Crippen molar-refractivity contribution >= 4 is 50.8 Å². The zero-order valence-electron chi connectivity index (χ0n) is 18.4. The Morgan fingerprint density at radius 2 is 1.69 bits per heavy atom. The number of amides is 1. The fraction of sp³-hybridized carbons (Fsp3) is 0.167. The van der Waals surface area contributed by atoms with E-state index in [0.717, 1.165) is 11.4 Å². The Bertz CT molecular complexity index is 1400. The standard InChI is InChI=1S/C24H20Cl2N2O6S/c1-34-24(31)21-14-27(23(30)18-6-4-7-19(25)22(18)26)20-8-3-2-5-15(20)13-28(21)35(32,33)17-11-9-16(29)10-12-17/h2-12,21,29H,13-14H2,1H3. The minimum Gasteiger partial charge on any atom is -0.508 e. The second kappa shape index (κ2) is 9.87. The van der Waals surface area contributed by atoms with Crippen molar-refractivity contribution in [2.24, 2.45) is 0 Å². The van der Waals surface area contributed by atoms with Crippen LogP contribution in [0.15, 0.2) is 71.6 Å². The van der Waals surface area contributed by atoms with Crippen LogP contribution in [0.3, 0.4) is 0 Å². The highest BCUT2D eigenvalue weighted by molar-refractivity contribution is 7.89. The number of para-hydroxylation sites is 1. The number of methoxy groups -OCH3 is 1. The van der Waals surface area contributed by atoms with E-state index in [4.69, 9.17) is 27.9 Å². The number of hydrogen-bond donors (Lipinski definition) is 1. The zero-order valence-corrected chi connectivity index (χ0v) is 20.7. The summed E-state index contributed by atoms with van der Waals surface area (Å²) >= 11 is 12.4. The highest BCUT2D eigenvalue weighted by atomic mass is 35.5. The molecular weight excluding hydrogens is 515 g/mol. The topological polar surface area (TPSA) is 104 Å². The molecule has 35 heavy (non-hydrogen) atoms. The van der Waals surface area contributed by atoms with Crippen LogP contribution in [0.4, 0.5) is 5.69 Å². The molecule has 3 aromatic carbocycles. The van der Waals surface area contributed by atoms with Crippen LogP contribution >= 0.6 is 23.2 Å². The Kier molecular flexibility index (Phi) is 7.05. The zero-order chi connectivity index (χ0) is 25.3. The van der Waals surface area contributed by atoms with Crippen molar-refractivity contribution in [2.75, 3.05) is 18.6 Å². The summed E-state index contributed by atoms with van der Waals surface area (Å²) in [6.45, 7) is -0.533. The van der Waals surface area contributed by atoms with Crippen LogP contribution in [0.25, 0.3) is 0 Å². The largest absolute Gasteiger partial charge is 0.508 e. The van der Waals surface area contributed by atoms with Gasteiger partial charge in [-0.25, -0.2) is 8.42 Å². The lowest BCUT2D eigenvalue weighted by Gasteiger charge is -2.29. The Morgan fingerprint density at radius 1 is 1.00 bits per heavy atom. The van der Waals surface area contributed by atoms with Gasteiger partial charge in [0.05, 0.1) is 34.2 Å². The molecule has 1 N–H and O–H groups in total. The molecule has 8 nitrogen and oxygen atoms in total. The maximum Gasteiger partial charge on any atom is 0.326 e. The van der Waals surface area contributed by atoms with Crippen LogP contribution < -0.4 is 4.90 Å². The molecule has 1 aliphatic rings. The van der Waals surface area contributed by atoms with Crippen molar-refractivity contribution in [1.82, 2.24) is 4.31 Å². The number of benzene rings is 3. The number of aromatic hydroxyl groups is 1. The number of rotatable bonds is 4. The van der Waals surface area contributed by atoms with Crippen molar-refractivity contribution < 1.29 is 27.9 Å². The van der Waals surface area contributed by atoms with Gasteiger partial charge in [0.2, 0.25) is 10.0 Å². The lowest BCUT2D eigenvalue weighted by atomic mass is 10.1. The summed E-state index contributed by atoms with van der Waals surface area (Å²) in [5, 5.41) is 9.81. The number of sulfonamides is 1. The predicted octanol–water partition coefficient (Wildman–Crippen LogP) is 4.09.